The Labute approximate surface area is 362 Å². The molecule has 0 fully saturated rings. The molecule has 7 rings (SSSR count). The molecule has 0 saturated heterocycles. The van der Waals surface area contributed by atoms with E-state index in [0.29, 0.717) is 11.8 Å². The van der Waals surface area contributed by atoms with Crippen LogP contribution >= 0.6 is 34.0 Å². The lowest BCUT2D eigenvalue weighted by Crippen LogP contribution is -2.00. The van der Waals surface area contributed by atoms with Gasteiger partial charge in [0.15, 0.2) is 0 Å². The molecule has 4 heteroatoms. The van der Waals surface area contributed by atoms with Crippen molar-refractivity contribution < 1.29 is 0 Å². The molecule has 2 unspecified atom stereocenters. The van der Waals surface area contributed by atoms with E-state index in [1.807, 2.05) is 34.0 Å². The third-order valence-corrected chi connectivity index (χ3v) is 15.9. The Hall–Kier alpha value is -3.44. The van der Waals surface area contributed by atoms with Crippen LogP contribution in [0.4, 0.5) is 0 Å². The topological polar surface area (TPSA) is 4.93 Å². The first kappa shape index (κ1) is 42.7. The number of aryl methyl sites for hydroxylation is 1. The minimum Gasteiger partial charge on any atom is -0.315 e. The molecule has 2 atom stereocenters. The van der Waals surface area contributed by atoms with Crippen LogP contribution in [-0.4, -0.2) is 4.57 Å². The maximum atomic E-state index is 2.58. The average Bonchev–Trinajstić information content (AvgIpc) is 4.07. The fourth-order valence-electron chi connectivity index (χ4n) is 9.50. The molecule has 4 heterocycles. The number of thiophene rings is 3. The number of aromatic nitrogens is 1. The summed E-state index contributed by atoms with van der Waals surface area (Å²) in [7, 11) is 0. The van der Waals surface area contributed by atoms with Crippen LogP contribution in [0.5, 0.6) is 0 Å². The second kappa shape index (κ2) is 21.2. The third-order valence-electron chi connectivity index (χ3n) is 12.6. The summed E-state index contributed by atoms with van der Waals surface area (Å²) in [5.41, 5.74) is 11.0. The van der Waals surface area contributed by atoms with Gasteiger partial charge in [0.2, 0.25) is 0 Å². The van der Waals surface area contributed by atoms with Crippen molar-refractivity contribution in [3.63, 3.8) is 0 Å². The summed E-state index contributed by atoms with van der Waals surface area (Å²) in [5.74, 6) is 1.12. The van der Waals surface area contributed by atoms with Gasteiger partial charge >= 0.3 is 0 Å². The van der Waals surface area contributed by atoms with Gasteiger partial charge in [-0.3, -0.25) is 0 Å². The molecule has 0 aliphatic rings. The molecule has 306 valence electrons. The van der Waals surface area contributed by atoms with Crippen LogP contribution in [0.25, 0.3) is 59.4 Å². The van der Waals surface area contributed by atoms with Crippen molar-refractivity contribution >= 4 is 54.2 Å². The molecule has 58 heavy (non-hydrogen) atoms. The molecule has 1 nitrogen and oxygen atoms in total. The van der Waals surface area contributed by atoms with Crippen molar-refractivity contribution in [3.8, 4) is 39.2 Å². The zero-order chi connectivity index (χ0) is 40.3. The third kappa shape index (κ3) is 9.46. The fraction of sp³-hybridized carbons (Fsp3) is 0.444. The number of unbranched alkanes of at least 4 members (excludes halogenated alkanes) is 9. The Morgan fingerprint density at radius 3 is 1.78 bits per heavy atom. The van der Waals surface area contributed by atoms with Crippen molar-refractivity contribution in [2.45, 2.75) is 156 Å². The summed E-state index contributed by atoms with van der Waals surface area (Å²) >= 11 is 5.88. The Bertz CT molecular complexity index is 2310. The van der Waals surface area contributed by atoms with Crippen LogP contribution in [0.15, 0.2) is 95.8 Å². The highest BCUT2D eigenvalue weighted by atomic mass is 32.1. The van der Waals surface area contributed by atoms with Gasteiger partial charge in [-0.15, -0.1) is 34.0 Å². The number of fused-ring (bicyclic) bond motifs is 3. The summed E-state index contributed by atoms with van der Waals surface area (Å²) in [6.07, 6.45) is 24.7. The number of hydrogen-bond donors (Lipinski definition) is 0. The maximum Gasteiger partial charge on any atom is 0.0620 e. The Balaban J connectivity index is 1.35. The van der Waals surface area contributed by atoms with Crippen molar-refractivity contribution in [3.05, 3.63) is 111 Å². The van der Waals surface area contributed by atoms with Gasteiger partial charge in [0.1, 0.15) is 0 Å². The van der Waals surface area contributed by atoms with E-state index < -0.39 is 0 Å². The van der Waals surface area contributed by atoms with E-state index in [0.717, 1.165) is 12.8 Å². The highest BCUT2D eigenvalue weighted by Crippen LogP contribution is 2.52. The molecular weight excluding hydrogens is 759 g/mol. The van der Waals surface area contributed by atoms with Gasteiger partial charge in [-0.2, -0.15) is 0 Å². The van der Waals surface area contributed by atoms with E-state index in [2.05, 4.69) is 135 Å². The first-order valence-electron chi connectivity index (χ1n) is 23.0. The van der Waals surface area contributed by atoms with E-state index in [1.54, 1.807) is 9.75 Å². The van der Waals surface area contributed by atoms with Crippen LogP contribution in [0, 0.1) is 0 Å². The van der Waals surface area contributed by atoms with E-state index >= 15 is 0 Å². The maximum absolute atomic E-state index is 2.58. The first-order valence-corrected chi connectivity index (χ1v) is 25.6. The zero-order valence-electron chi connectivity index (χ0n) is 36.1. The van der Waals surface area contributed by atoms with Crippen LogP contribution < -0.4 is 0 Å². The monoisotopic (exact) mass is 825 g/mol. The van der Waals surface area contributed by atoms with E-state index in [-0.39, 0.29) is 0 Å². The summed E-state index contributed by atoms with van der Waals surface area (Å²) in [6.45, 7) is 11.8. The van der Waals surface area contributed by atoms with Gasteiger partial charge < -0.3 is 4.57 Å². The van der Waals surface area contributed by atoms with Crippen LogP contribution in [-0.2, 0) is 6.42 Å². The smallest absolute Gasteiger partial charge is 0.0620 e. The highest BCUT2D eigenvalue weighted by molar-refractivity contribution is 7.26. The van der Waals surface area contributed by atoms with Gasteiger partial charge in [-0.1, -0.05) is 148 Å². The zero-order valence-corrected chi connectivity index (χ0v) is 38.5. The number of benzene rings is 3. The summed E-state index contributed by atoms with van der Waals surface area (Å²) in [4.78, 5) is 3.11. The van der Waals surface area contributed by atoms with Crippen LogP contribution in [0.2, 0.25) is 0 Å². The molecule has 3 aromatic carbocycles. The average molecular weight is 826 g/mol. The fourth-order valence-corrected chi connectivity index (χ4v) is 12.9. The van der Waals surface area contributed by atoms with E-state index in [4.69, 9.17) is 0 Å². The van der Waals surface area contributed by atoms with Crippen molar-refractivity contribution in [1.82, 2.24) is 4.57 Å². The van der Waals surface area contributed by atoms with Gasteiger partial charge in [-0.05, 0) is 114 Å². The molecule has 0 bridgehead atoms. The van der Waals surface area contributed by atoms with Crippen LogP contribution in [0.3, 0.4) is 0 Å². The Morgan fingerprint density at radius 1 is 0.517 bits per heavy atom. The predicted octanol–water partition coefficient (Wildman–Crippen LogP) is 19.0. The molecule has 0 N–H and O–H groups in total. The number of nitrogens with zero attached hydrogens (tertiary/aromatic N) is 1. The summed E-state index contributed by atoms with van der Waals surface area (Å²) in [5, 5.41) is 7.48. The second-order valence-electron chi connectivity index (χ2n) is 16.7. The minimum atomic E-state index is 0.553. The molecule has 0 aliphatic heterocycles. The minimum absolute atomic E-state index is 0.553. The molecule has 0 amide bonds. The normalized spacial score (nSPS) is 12.9. The quantitative estimate of drug-likeness (QED) is 0.0566. The molecule has 4 aromatic heterocycles. The largest absolute Gasteiger partial charge is 0.315 e. The molecule has 0 radical (unpaired) electrons. The van der Waals surface area contributed by atoms with Gasteiger partial charge in [-0.25, -0.2) is 0 Å². The highest BCUT2D eigenvalue weighted by Gasteiger charge is 2.29. The first-order chi connectivity index (χ1) is 28.6. The van der Waals surface area contributed by atoms with E-state index in [9.17, 15) is 0 Å². The lowest BCUT2D eigenvalue weighted by Gasteiger charge is -2.19. The van der Waals surface area contributed by atoms with Crippen molar-refractivity contribution in [2.75, 3.05) is 0 Å². The molecule has 0 spiro atoms. The Morgan fingerprint density at radius 2 is 1.12 bits per heavy atom. The van der Waals surface area contributed by atoms with Crippen molar-refractivity contribution in [1.29, 1.82) is 0 Å². The number of hydrogen-bond acceptors (Lipinski definition) is 3. The van der Waals surface area contributed by atoms with E-state index in [1.165, 1.54) is 161 Å². The van der Waals surface area contributed by atoms with Gasteiger partial charge in [0.25, 0.3) is 0 Å². The molecule has 0 aliphatic carbocycles. The lowest BCUT2D eigenvalue weighted by molar-refractivity contribution is 0.556. The molecule has 0 saturated carbocycles. The SMILES string of the molecule is CCCCCCCCCCCCc1ccc(-n2cc(-c3ccsc3C(CC)CCC)c(-c3ccsc3C(CC)CCC)c2-c2cccc3sc4ccccc4c23)cc1. The molecular formula is C54H67NS3. The Kier molecular flexibility index (Phi) is 15.6. The summed E-state index contributed by atoms with van der Waals surface area (Å²) < 4.78 is 5.30. The van der Waals surface area contributed by atoms with Crippen molar-refractivity contribution in [2.24, 2.45) is 0 Å². The van der Waals surface area contributed by atoms with Gasteiger partial charge in [0.05, 0.1) is 5.69 Å². The lowest BCUT2D eigenvalue weighted by atomic mass is 9.87. The standard InChI is InChI=1S/C54H67NS3/c1-6-11-12-13-14-15-16-17-18-19-25-39-30-32-42(33-31-39)55-38-47(43-34-36-56-53(43)40(9-4)23-7-2)51(46-35-37-57-54(46)41(10-5)24-8-3)52(55)45-27-22-29-49-50(45)44-26-20-21-28-48(44)58-49/h20-22,26-38,40-41H,6-19,23-25H2,1-5H3. The second-order valence-corrected chi connectivity index (χ2v) is 19.7. The molecule has 7 aromatic rings. The summed E-state index contributed by atoms with van der Waals surface area (Å²) in [6, 6.07) is 30.6. The number of rotatable bonds is 23. The van der Waals surface area contributed by atoms with Gasteiger partial charge in [0, 0.05) is 58.5 Å². The predicted molar refractivity (Wildman–Crippen MR) is 262 cm³/mol. The van der Waals surface area contributed by atoms with Crippen LogP contribution in [0.1, 0.15) is 165 Å².